The highest BCUT2D eigenvalue weighted by atomic mass is 14.9. The fraction of sp³-hybridized carbons (Fsp3) is 0. The van der Waals surface area contributed by atoms with Gasteiger partial charge in [0, 0.05) is 38.4 Å². The Kier molecular flexibility index (Phi) is 8.51. The lowest BCUT2D eigenvalue weighted by atomic mass is 9.88. The fourth-order valence-electron chi connectivity index (χ4n) is 7.77. The maximum Gasteiger partial charge on any atom is 0.160 e. The quantitative estimate of drug-likeness (QED) is 0.154. The molecular weight excluding hydrogens is 679 g/mol. The molecule has 0 bridgehead atoms. The lowest BCUT2D eigenvalue weighted by Gasteiger charge is -2.17. The molecular formula is C53H35N3. The van der Waals surface area contributed by atoms with Crippen LogP contribution >= 0.6 is 0 Å². The summed E-state index contributed by atoms with van der Waals surface area (Å²) in [7, 11) is 0. The van der Waals surface area contributed by atoms with Crippen molar-refractivity contribution < 1.29 is 0 Å². The third-order valence-corrected chi connectivity index (χ3v) is 10.5. The van der Waals surface area contributed by atoms with Gasteiger partial charge in [0.25, 0.3) is 0 Å². The molecule has 0 saturated heterocycles. The first-order valence-corrected chi connectivity index (χ1v) is 18.9. The summed E-state index contributed by atoms with van der Waals surface area (Å²) in [4.78, 5) is 15.4. The van der Waals surface area contributed by atoms with Gasteiger partial charge in [0.15, 0.2) is 5.82 Å². The molecule has 8 aromatic carbocycles. The Bertz CT molecular complexity index is 2920. The summed E-state index contributed by atoms with van der Waals surface area (Å²) >= 11 is 0. The number of nitrogens with zero attached hydrogens (tertiary/aromatic N) is 3. The van der Waals surface area contributed by atoms with Crippen LogP contribution in [0.5, 0.6) is 0 Å². The molecule has 262 valence electrons. The number of pyridine rings is 1. The number of hydrogen-bond acceptors (Lipinski definition) is 3. The van der Waals surface area contributed by atoms with Crippen LogP contribution in [-0.2, 0) is 0 Å². The zero-order chi connectivity index (χ0) is 37.3. The van der Waals surface area contributed by atoms with Crippen LogP contribution in [-0.4, -0.2) is 15.0 Å². The lowest BCUT2D eigenvalue weighted by molar-refractivity contribution is 1.18. The highest BCUT2D eigenvalue weighted by Crippen LogP contribution is 2.42. The van der Waals surface area contributed by atoms with E-state index in [9.17, 15) is 0 Å². The number of hydrogen-bond donors (Lipinski definition) is 0. The minimum atomic E-state index is 0.707. The molecule has 56 heavy (non-hydrogen) atoms. The molecule has 0 atom stereocenters. The molecule has 0 aliphatic carbocycles. The Hall–Kier alpha value is -7.49. The first-order chi connectivity index (χ1) is 27.8. The van der Waals surface area contributed by atoms with E-state index in [2.05, 4.69) is 176 Å². The monoisotopic (exact) mass is 713 g/mol. The van der Waals surface area contributed by atoms with E-state index >= 15 is 0 Å². The molecule has 2 heterocycles. The van der Waals surface area contributed by atoms with E-state index in [-0.39, 0.29) is 0 Å². The number of rotatable bonds is 7. The van der Waals surface area contributed by atoms with E-state index in [0.717, 1.165) is 66.8 Å². The molecule has 10 rings (SSSR count). The van der Waals surface area contributed by atoms with Crippen LogP contribution in [0.25, 0.3) is 100 Å². The molecule has 3 heteroatoms. The van der Waals surface area contributed by atoms with Gasteiger partial charge in [-0.2, -0.15) is 0 Å². The summed E-state index contributed by atoms with van der Waals surface area (Å²) in [5, 5.41) is 3.46. The summed E-state index contributed by atoms with van der Waals surface area (Å²) < 4.78 is 0. The van der Waals surface area contributed by atoms with Crippen molar-refractivity contribution in [2.75, 3.05) is 0 Å². The van der Waals surface area contributed by atoms with E-state index in [1.807, 2.05) is 36.4 Å². The molecule has 0 N–H and O–H groups in total. The molecule has 10 aromatic rings. The minimum absolute atomic E-state index is 0.707. The highest BCUT2D eigenvalue weighted by molar-refractivity contribution is 6.18. The summed E-state index contributed by atoms with van der Waals surface area (Å²) in [6, 6.07) is 74.5. The molecule has 0 fully saturated rings. The van der Waals surface area contributed by atoms with Crippen molar-refractivity contribution in [3.05, 3.63) is 212 Å². The van der Waals surface area contributed by atoms with Gasteiger partial charge in [0.2, 0.25) is 0 Å². The topological polar surface area (TPSA) is 38.7 Å². The van der Waals surface area contributed by atoms with Crippen molar-refractivity contribution in [1.82, 2.24) is 15.0 Å². The van der Waals surface area contributed by atoms with Gasteiger partial charge in [0.1, 0.15) is 0 Å². The first kappa shape index (κ1) is 33.1. The molecule has 2 aromatic heterocycles. The molecule has 0 spiro atoms. The Morgan fingerprint density at radius 1 is 0.268 bits per heavy atom. The van der Waals surface area contributed by atoms with Crippen LogP contribution in [0.2, 0.25) is 0 Å². The van der Waals surface area contributed by atoms with Gasteiger partial charge >= 0.3 is 0 Å². The first-order valence-electron chi connectivity index (χ1n) is 18.9. The van der Waals surface area contributed by atoms with Crippen molar-refractivity contribution in [3.63, 3.8) is 0 Å². The maximum absolute atomic E-state index is 5.40. The second-order valence-electron chi connectivity index (χ2n) is 14.0. The molecule has 0 unspecified atom stereocenters. The van der Waals surface area contributed by atoms with E-state index in [1.165, 1.54) is 27.6 Å². The third kappa shape index (κ3) is 6.21. The van der Waals surface area contributed by atoms with E-state index in [4.69, 9.17) is 15.0 Å². The van der Waals surface area contributed by atoms with Crippen molar-refractivity contribution in [3.8, 4) is 78.5 Å². The lowest BCUT2D eigenvalue weighted by Crippen LogP contribution is -1.96. The average Bonchev–Trinajstić information content (AvgIpc) is 3.29. The van der Waals surface area contributed by atoms with Crippen molar-refractivity contribution in [1.29, 1.82) is 0 Å². The molecule has 0 radical (unpaired) electrons. The van der Waals surface area contributed by atoms with Gasteiger partial charge in [0.05, 0.1) is 22.6 Å². The van der Waals surface area contributed by atoms with Gasteiger partial charge in [-0.3, -0.25) is 0 Å². The van der Waals surface area contributed by atoms with Crippen molar-refractivity contribution in [2.24, 2.45) is 0 Å². The van der Waals surface area contributed by atoms with E-state index in [0.29, 0.717) is 5.82 Å². The smallest absolute Gasteiger partial charge is 0.160 e. The van der Waals surface area contributed by atoms with Gasteiger partial charge in [-0.25, -0.2) is 15.0 Å². The van der Waals surface area contributed by atoms with Gasteiger partial charge in [-0.15, -0.1) is 0 Å². The summed E-state index contributed by atoms with van der Waals surface area (Å²) in [5.41, 5.74) is 14.9. The number of aromatic nitrogens is 3. The van der Waals surface area contributed by atoms with Crippen LogP contribution in [0.1, 0.15) is 0 Å². The minimum Gasteiger partial charge on any atom is -0.247 e. The van der Waals surface area contributed by atoms with Crippen LogP contribution in [0.15, 0.2) is 212 Å². The largest absolute Gasteiger partial charge is 0.247 e. The van der Waals surface area contributed by atoms with Gasteiger partial charge in [-0.05, 0) is 45.5 Å². The standard InChI is InChI=1S/C53H35N3/c1-5-16-37(17-6-1)43-24-13-14-25-44(43)45-26-15-27-47-51(45)46-33-32-42(34-50(46)54-52(47)40-20-9-3-10-21-40)36-28-30-39(31-29-36)49-35-48(38-18-7-2-8-19-38)55-53(56-49)41-22-11-4-12-23-41/h1-35H. The Morgan fingerprint density at radius 2 is 0.768 bits per heavy atom. The van der Waals surface area contributed by atoms with Crippen LogP contribution < -0.4 is 0 Å². The molecule has 0 aliphatic heterocycles. The summed E-state index contributed by atoms with van der Waals surface area (Å²) in [5.74, 6) is 0.707. The Balaban J connectivity index is 1.11. The van der Waals surface area contributed by atoms with Crippen LogP contribution in [0, 0.1) is 0 Å². The van der Waals surface area contributed by atoms with Gasteiger partial charge in [-0.1, -0.05) is 200 Å². The Morgan fingerprint density at radius 3 is 1.43 bits per heavy atom. The summed E-state index contributed by atoms with van der Waals surface area (Å²) in [6.07, 6.45) is 0. The van der Waals surface area contributed by atoms with Gasteiger partial charge < -0.3 is 0 Å². The predicted molar refractivity (Wildman–Crippen MR) is 233 cm³/mol. The van der Waals surface area contributed by atoms with E-state index < -0.39 is 0 Å². The van der Waals surface area contributed by atoms with Crippen molar-refractivity contribution in [2.45, 2.75) is 0 Å². The number of benzene rings is 8. The van der Waals surface area contributed by atoms with Crippen molar-refractivity contribution >= 4 is 21.7 Å². The SMILES string of the molecule is c1ccc(-c2cc(-c3ccc(-c4ccc5c(c4)nc(-c4ccccc4)c4cccc(-c6ccccc6-c6ccccc6)c45)cc3)nc(-c3ccccc3)n2)cc1. The van der Waals surface area contributed by atoms with E-state index in [1.54, 1.807) is 0 Å². The second-order valence-corrected chi connectivity index (χ2v) is 14.0. The third-order valence-electron chi connectivity index (χ3n) is 10.5. The Labute approximate surface area is 326 Å². The molecule has 0 saturated carbocycles. The van der Waals surface area contributed by atoms with Crippen LogP contribution in [0.3, 0.4) is 0 Å². The molecule has 3 nitrogen and oxygen atoms in total. The predicted octanol–water partition coefficient (Wildman–Crippen LogP) is 13.8. The maximum atomic E-state index is 5.40. The zero-order valence-corrected chi connectivity index (χ0v) is 30.5. The normalized spacial score (nSPS) is 11.2. The highest BCUT2D eigenvalue weighted by Gasteiger charge is 2.18. The fourth-order valence-corrected chi connectivity index (χ4v) is 7.77. The molecule has 0 amide bonds. The second kappa shape index (κ2) is 14.4. The average molecular weight is 714 g/mol. The zero-order valence-electron chi connectivity index (χ0n) is 30.5. The summed E-state index contributed by atoms with van der Waals surface area (Å²) in [6.45, 7) is 0. The molecule has 0 aliphatic rings. The number of fused-ring (bicyclic) bond motifs is 3. The van der Waals surface area contributed by atoms with Crippen LogP contribution in [0.4, 0.5) is 0 Å².